The number of carboxylic acids is 1. The molecule has 0 aromatic carbocycles. The van der Waals surface area contributed by atoms with Crippen LogP contribution in [0.3, 0.4) is 0 Å². The van der Waals surface area contributed by atoms with Gasteiger partial charge in [0, 0.05) is 11.1 Å². The van der Waals surface area contributed by atoms with Gasteiger partial charge in [-0.25, -0.2) is 4.98 Å². The van der Waals surface area contributed by atoms with Gasteiger partial charge in [0.2, 0.25) is 11.8 Å². The highest BCUT2D eigenvalue weighted by molar-refractivity contribution is 8.14. The highest BCUT2D eigenvalue weighted by atomic mass is 32.2. The van der Waals surface area contributed by atoms with Crippen LogP contribution < -0.4 is 10.6 Å². The number of allylic oxidation sites excluding steroid dienone is 1. The van der Waals surface area contributed by atoms with E-state index in [-0.39, 0.29) is 18.9 Å². The third-order valence-electron chi connectivity index (χ3n) is 4.94. The van der Waals surface area contributed by atoms with E-state index in [0.29, 0.717) is 33.7 Å². The average Bonchev–Trinajstić information content (AvgIpc) is 3.38. The minimum absolute atomic E-state index is 0.105. The summed E-state index contributed by atoms with van der Waals surface area (Å²) in [5.74, 6) is -1.15. The lowest BCUT2D eigenvalue weighted by Crippen LogP contribution is -2.53. The van der Waals surface area contributed by atoms with Crippen LogP contribution in [0.1, 0.15) is 36.9 Å². The Kier molecular flexibility index (Phi) is 8.93. The van der Waals surface area contributed by atoms with Crippen LogP contribution in [0.25, 0.3) is 0 Å². The number of hydrogen-bond donors (Lipinski definition) is 5. The molecule has 2 aliphatic rings. The zero-order chi connectivity index (χ0) is 24.0. The van der Waals surface area contributed by atoms with Crippen molar-refractivity contribution in [3.8, 4) is 0 Å². The van der Waals surface area contributed by atoms with Crippen LogP contribution in [0, 0.1) is 0 Å². The Balaban J connectivity index is 1.91. The molecule has 13 heteroatoms. The Labute approximate surface area is 204 Å². The van der Waals surface area contributed by atoms with Gasteiger partial charge in [-0.15, -0.1) is 23.1 Å². The molecule has 3 heterocycles. The van der Waals surface area contributed by atoms with Crippen molar-refractivity contribution < 1.29 is 29.3 Å². The molecule has 0 radical (unpaired) electrons. The first kappa shape index (κ1) is 25.7. The molecule has 0 fully saturated rings. The third kappa shape index (κ3) is 7.03. The van der Waals surface area contributed by atoms with Crippen LogP contribution in [0.5, 0.6) is 0 Å². The summed E-state index contributed by atoms with van der Waals surface area (Å²) in [5, 5.41) is 28.4. The quantitative estimate of drug-likeness (QED) is 0.288. The van der Waals surface area contributed by atoms with E-state index in [2.05, 4.69) is 33.2 Å². The summed E-state index contributed by atoms with van der Waals surface area (Å²) >= 11 is 6.88. The second-order valence-electron chi connectivity index (χ2n) is 7.77. The predicted octanol–water partition coefficient (Wildman–Crippen LogP) is 0.954. The number of thiazole rings is 1. The van der Waals surface area contributed by atoms with Gasteiger partial charge in [0.25, 0.3) is 0 Å². The van der Waals surface area contributed by atoms with Gasteiger partial charge in [-0.3, -0.25) is 19.4 Å². The number of carbonyl (C=O) groups excluding carboxylic acids is 2. The highest BCUT2D eigenvalue weighted by Gasteiger charge is 2.41. The molecule has 1 aromatic rings. The van der Waals surface area contributed by atoms with E-state index in [4.69, 9.17) is 4.74 Å². The average molecular weight is 515 g/mol. The van der Waals surface area contributed by atoms with Gasteiger partial charge in [0.05, 0.1) is 31.5 Å². The maximum atomic E-state index is 13.0. The van der Waals surface area contributed by atoms with E-state index < -0.39 is 42.3 Å². The lowest BCUT2D eigenvalue weighted by Gasteiger charge is -2.28. The monoisotopic (exact) mass is 514 g/mol. The third-order valence-corrected chi connectivity index (χ3v) is 7.32. The number of amides is 2. The molecule has 180 valence electrons. The number of fused-ring (bicyclic) bond motifs is 4. The van der Waals surface area contributed by atoms with E-state index >= 15 is 0 Å². The second-order valence-corrected chi connectivity index (χ2v) is 10.1. The maximum Gasteiger partial charge on any atom is 0.305 e. The molecule has 2 aliphatic heterocycles. The predicted molar refractivity (Wildman–Crippen MR) is 129 cm³/mol. The summed E-state index contributed by atoms with van der Waals surface area (Å²) in [5.41, 5.74) is -0.534. The fraction of sp³-hybridized carbons (Fsp3) is 0.550. The number of ether oxygens (including phenoxy) is 1. The van der Waals surface area contributed by atoms with E-state index in [1.54, 1.807) is 19.1 Å². The summed E-state index contributed by atoms with van der Waals surface area (Å²) in [7, 11) is 0. The first-order chi connectivity index (χ1) is 15.7. The molecular weight excluding hydrogens is 488 g/mol. The van der Waals surface area contributed by atoms with Crippen molar-refractivity contribution in [2.24, 2.45) is 4.99 Å². The normalized spacial score (nSPS) is 28.9. The molecule has 1 unspecified atom stereocenters. The minimum Gasteiger partial charge on any atom is -0.481 e. The summed E-state index contributed by atoms with van der Waals surface area (Å²) in [6, 6.07) is -1.24. The van der Waals surface area contributed by atoms with Gasteiger partial charge >= 0.3 is 5.97 Å². The maximum absolute atomic E-state index is 13.0. The zero-order valence-corrected chi connectivity index (χ0v) is 20.4. The number of aliphatic hydroxyl groups excluding tert-OH is 1. The molecule has 4 atom stereocenters. The van der Waals surface area contributed by atoms with Crippen molar-refractivity contribution in [3.63, 3.8) is 0 Å². The molecular formula is C20H26N4O6S3. The Morgan fingerprint density at radius 3 is 2.97 bits per heavy atom. The number of hydrogen-bond acceptors (Lipinski definition) is 10. The number of nitrogens with one attached hydrogen (secondary N) is 2. The van der Waals surface area contributed by atoms with Crippen LogP contribution >= 0.6 is 35.7 Å². The summed E-state index contributed by atoms with van der Waals surface area (Å²) in [6.07, 6.45) is 0.837. The van der Waals surface area contributed by atoms with Crippen molar-refractivity contribution in [1.82, 2.24) is 15.6 Å². The highest BCUT2D eigenvalue weighted by Crippen LogP contribution is 2.32. The standard InChI is InChI=1S/C20H26N4O6S3/c1-20-10-33-17(24-20)13-9-32-15(22-13)8-21-14(25)6-11(4-2-3-5-31)30-18(28)12(7-16(26)27)23-19(20)29/h2,4,9,11-12,18,28,31H,3,5-8,10H2,1H3,(H,21,25)(H,23,29)(H,26,27)/b4-2+/t11-,12+,18?,20+/m1/s1. The number of carboxylic acid groups (broad SMARTS) is 1. The molecule has 4 N–H and O–H groups in total. The van der Waals surface area contributed by atoms with Crippen molar-refractivity contribution in [2.45, 2.75) is 56.7 Å². The van der Waals surface area contributed by atoms with Crippen molar-refractivity contribution >= 4 is 58.6 Å². The van der Waals surface area contributed by atoms with E-state index in [1.807, 2.05) is 5.38 Å². The SMILES string of the molecule is C[C@@]12CSC(=N1)c1csc(n1)CNC(=O)C[C@@H](/C=C/CCS)OC(O)[C@H](CC(=O)O)NC2=O. The first-order valence-corrected chi connectivity index (χ1v) is 12.8. The molecule has 33 heavy (non-hydrogen) atoms. The fourth-order valence-corrected chi connectivity index (χ4v) is 5.23. The molecule has 0 saturated heterocycles. The van der Waals surface area contributed by atoms with Crippen molar-refractivity contribution in [2.75, 3.05) is 11.5 Å². The van der Waals surface area contributed by atoms with E-state index in [9.17, 15) is 24.6 Å². The number of carbonyl (C=O) groups is 3. The lowest BCUT2D eigenvalue weighted by molar-refractivity contribution is -0.161. The number of aromatic nitrogens is 1. The fourth-order valence-electron chi connectivity index (χ4n) is 3.16. The number of thiol groups is 1. The van der Waals surface area contributed by atoms with Crippen LogP contribution in [0.4, 0.5) is 0 Å². The second kappa shape index (κ2) is 11.5. The zero-order valence-electron chi connectivity index (χ0n) is 17.9. The van der Waals surface area contributed by atoms with Gasteiger partial charge < -0.3 is 25.6 Å². The molecule has 3 rings (SSSR count). The summed E-state index contributed by atoms with van der Waals surface area (Å²) in [4.78, 5) is 45.9. The van der Waals surface area contributed by atoms with Crippen LogP contribution in [0.2, 0.25) is 0 Å². The summed E-state index contributed by atoms with van der Waals surface area (Å²) < 4.78 is 5.62. The van der Waals surface area contributed by atoms with Crippen LogP contribution in [-0.2, 0) is 25.7 Å². The number of aliphatic hydroxyl groups is 1. The van der Waals surface area contributed by atoms with Crippen LogP contribution in [0.15, 0.2) is 22.5 Å². The smallest absolute Gasteiger partial charge is 0.305 e. The molecule has 0 aliphatic carbocycles. The Hall–Kier alpha value is -1.93. The molecule has 2 amide bonds. The number of nitrogens with zero attached hydrogens (tertiary/aromatic N) is 2. The van der Waals surface area contributed by atoms with Gasteiger partial charge in [-0.05, 0) is 19.1 Å². The molecule has 4 bridgehead atoms. The van der Waals surface area contributed by atoms with E-state index in [0.717, 1.165) is 0 Å². The Morgan fingerprint density at radius 1 is 1.45 bits per heavy atom. The Morgan fingerprint density at radius 2 is 2.24 bits per heavy atom. The van der Waals surface area contributed by atoms with Gasteiger partial charge in [-0.1, -0.05) is 12.2 Å². The Bertz CT molecular complexity index is 952. The van der Waals surface area contributed by atoms with Gasteiger partial charge in [0.1, 0.15) is 21.3 Å². The van der Waals surface area contributed by atoms with Crippen molar-refractivity contribution in [3.05, 3.63) is 28.2 Å². The first-order valence-electron chi connectivity index (χ1n) is 10.3. The molecule has 0 saturated carbocycles. The minimum atomic E-state index is -1.66. The summed E-state index contributed by atoms with van der Waals surface area (Å²) in [6.45, 7) is 1.86. The number of thioether (sulfide) groups is 1. The topological polar surface area (TPSA) is 150 Å². The molecule has 10 nitrogen and oxygen atoms in total. The van der Waals surface area contributed by atoms with Crippen molar-refractivity contribution in [1.29, 1.82) is 0 Å². The molecule has 0 spiro atoms. The van der Waals surface area contributed by atoms with E-state index in [1.165, 1.54) is 23.1 Å². The largest absolute Gasteiger partial charge is 0.481 e. The number of aliphatic imine (C=N–C) groups is 1. The van der Waals surface area contributed by atoms with Crippen LogP contribution in [-0.4, -0.2) is 73.5 Å². The number of rotatable bonds is 5. The number of aliphatic carboxylic acids is 1. The lowest BCUT2D eigenvalue weighted by atomic mass is 10.0. The van der Waals surface area contributed by atoms with Gasteiger partial charge in [-0.2, -0.15) is 12.6 Å². The molecule has 1 aromatic heterocycles. The van der Waals surface area contributed by atoms with Gasteiger partial charge in [0.15, 0.2) is 6.29 Å².